The summed E-state index contributed by atoms with van der Waals surface area (Å²) >= 11 is 0. The van der Waals surface area contributed by atoms with E-state index >= 15 is 0 Å². The SMILES string of the molecule is CC1C(=C=O)CCCC12OCCO2. The highest BCUT2D eigenvalue weighted by atomic mass is 16.7. The summed E-state index contributed by atoms with van der Waals surface area (Å²) < 4.78 is 11.2. The molecule has 72 valence electrons. The van der Waals surface area contributed by atoms with Crippen molar-refractivity contribution >= 4 is 5.94 Å². The lowest BCUT2D eigenvalue weighted by Gasteiger charge is -2.37. The molecule has 13 heavy (non-hydrogen) atoms. The monoisotopic (exact) mass is 182 g/mol. The third-order valence-electron chi connectivity index (χ3n) is 3.06. The fraction of sp³-hybridized carbons (Fsp3) is 0.800. The summed E-state index contributed by atoms with van der Waals surface area (Å²) in [5.41, 5.74) is 0.813. The second-order valence-corrected chi connectivity index (χ2v) is 3.71. The van der Waals surface area contributed by atoms with Crippen LogP contribution in [0.1, 0.15) is 26.2 Å². The highest BCUT2D eigenvalue weighted by Crippen LogP contribution is 2.41. The number of carbonyl (C=O) groups excluding carboxylic acids is 1. The van der Waals surface area contributed by atoms with Crippen LogP contribution < -0.4 is 0 Å². The Balaban J connectivity index is 2.24. The molecule has 0 aromatic heterocycles. The van der Waals surface area contributed by atoms with Gasteiger partial charge in [-0.25, -0.2) is 4.79 Å². The standard InChI is InChI=1S/C10H14O3/c1-8-9(7-11)3-2-4-10(8)12-5-6-13-10/h8H,2-6H2,1H3. The summed E-state index contributed by atoms with van der Waals surface area (Å²) in [4.78, 5) is 10.6. The van der Waals surface area contributed by atoms with Crippen LogP contribution in [0.2, 0.25) is 0 Å². The minimum absolute atomic E-state index is 0.0706. The predicted octanol–water partition coefficient (Wildman–Crippen LogP) is 1.31. The molecule has 0 radical (unpaired) electrons. The molecule has 0 aromatic rings. The molecule has 1 heterocycles. The summed E-state index contributed by atoms with van der Waals surface area (Å²) in [7, 11) is 0. The van der Waals surface area contributed by atoms with Crippen molar-refractivity contribution in [3.8, 4) is 0 Å². The third kappa shape index (κ3) is 1.33. The molecular weight excluding hydrogens is 168 g/mol. The third-order valence-corrected chi connectivity index (χ3v) is 3.06. The van der Waals surface area contributed by atoms with Crippen LogP contribution in [0.15, 0.2) is 5.57 Å². The Kier molecular flexibility index (Phi) is 2.24. The van der Waals surface area contributed by atoms with Crippen LogP contribution in [0.4, 0.5) is 0 Å². The smallest absolute Gasteiger partial charge is 0.175 e. The Morgan fingerprint density at radius 3 is 2.77 bits per heavy atom. The van der Waals surface area contributed by atoms with Crippen LogP contribution in [0.3, 0.4) is 0 Å². The van der Waals surface area contributed by atoms with E-state index in [-0.39, 0.29) is 5.92 Å². The Labute approximate surface area is 77.7 Å². The maximum Gasteiger partial charge on any atom is 0.175 e. The largest absolute Gasteiger partial charge is 0.347 e. The lowest BCUT2D eigenvalue weighted by molar-refractivity contribution is -0.194. The van der Waals surface area contributed by atoms with Crippen LogP contribution >= 0.6 is 0 Å². The molecule has 3 heteroatoms. The van der Waals surface area contributed by atoms with Gasteiger partial charge in [0.15, 0.2) is 5.79 Å². The van der Waals surface area contributed by atoms with Crippen molar-refractivity contribution in [1.82, 2.24) is 0 Å². The first kappa shape index (κ1) is 8.95. The molecule has 1 aliphatic heterocycles. The molecule has 1 atom stereocenters. The molecule has 2 aliphatic rings. The fourth-order valence-corrected chi connectivity index (χ4v) is 2.23. The zero-order valence-electron chi connectivity index (χ0n) is 7.84. The van der Waals surface area contributed by atoms with E-state index in [0.717, 1.165) is 24.8 Å². The first-order valence-electron chi connectivity index (χ1n) is 4.80. The molecule has 1 unspecified atom stereocenters. The zero-order chi connectivity index (χ0) is 9.31. The van der Waals surface area contributed by atoms with Crippen molar-refractivity contribution < 1.29 is 14.3 Å². The average molecular weight is 182 g/mol. The van der Waals surface area contributed by atoms with Crippen molar-refractivity contribution in [2.24, 2.45) is 5.92 Å². The lowest BCUT2D eigenvalue weighted by atomic mass is 9.81. The second kappa shape index (κ2) is 3.26. The summed E-state index contributed by atoms with van der Waals surface area (Å²) in [5, 5.41) is 0. The van der Waals surface area contributed by atoms with Crippen LogP contribution in [0.5, 0.6) is 0 Å². The van der Waals surface area contributed by atoms with E-state index in [0.29, 0.717) is 13.2 Å². The van der Waals surface area contributed by atoms with Gasteiger partial charge in [-0.3, -0.25) is 0 Å². The second-order valence-electron chi connectivity index (χ2n) is 3.71. The van der Waals surface area contributed by atoms with E-state index in [1.165, 1.54) is 0 Å². The van der Waals surface area contributed by atoms with Gasteiger partial charge in [-0.15, -0.1) is 0 Å². The maximum absolute atomic E-state index is 10.6. The van der Waals surface area contributed by atoms with Crippen molar-refractivity contribution in [2.45, 2.75) is 32.0 Å². The van der Waals surface area contributed by atoms with E-state index in [9.17, 15) is 4.79 Å². The zero-order valence-corrected chi connectivity index (χ0v) is 7.84. The predicted molar refractivity (Wildman–Crippen MR) is 46.9 cm³/mol. The molecule has 1 saturated heterocycles. The van der Waals surface area contributed by atoms with E-state index < -0.39 is 5.79 Å². The Morgan fingerprint density at radius 2 is 2.15 bits per heavy atom. The Bertz CT molecular complexity index is 247. The average Bonchev–Trinajstić information content (AvgIpc) is 2.60. The van der Waals surface area contributed by atoms with Gasteiger partial charge in [-0.05, 0) is 12.8 Å². The molecule has 3 nitrogen and oxygen atoms in total. The first-order valence-corrected chi connectivity index (χ1v) is 4.80. The Morgan fingerprint density at radius 1 is 1.46 bits per heavy atom. The highest BCUT2D eigenvalue weighted by molar-refractivity contribution is 5.54. The molecule has 0 amide bonds. The van der Waals surface area contributed by atoms with Crippen LogP contribution in [-0.4, -0.2) is 24.9 Å². The van der Waals surface area contributed by atoms with Crippen molar-refractivity contribution in [3.05, 3.63) is 5.57 Å². The molecule has 1 saturated carbocycles. The summed E-state index contributed by atoms with van der Waals surface area (Å²) in [6.45, 7) is 3.29. The first-order chi connectivity index (χ1) is 6.28. The van der Waals surface area contributed by atoms with Gasteiger partial charge in [-0.1, -0.05) is 6.92 Å². The molecule has 1 spiro atoms. The summed E-state index contributed by atoms with van der Waals surface area (Å²) in [5.74, 6) is 1.59. The van der Waals surface area contributed by atoms with Gasteiger partial charge in [0.25, 0.3) is 0 Å². The number of rotatable bonds is 0. The van der Waals surface area contributed by atoms with E-state index in [1.54, 1.807) is 0 Å². The maximum atomic E-state index is 10.6. The molecular formula is C10H14O3. The molecule has 0 aromatic carbocycles. The quantitative estimate of drug-likeness (QED) is 0.530. The molecule has 1 aliphatic carbocycles. The number of hydrogen-bond acceptors (Lipinski definition) is 3. The Hall–Kier alpha value is -0.630. The highest BCUT2D eigenvalue weighted by Gasteiger charge is 2.45. The van der Waals surface area contributed by atoms with Gasteiger partial charge >= 0.3 is 0 Å². The molecule has 2 rings (SSSR count). The van der Waals surface area contributed by atoms with Crippen LogP contribution in [0.25, 0.3) is 0 Å². The number of ether oxygens (including phenoxy) is 2. The topological polar surface area (TPSA) is 35.5 Å². The van der Waals surface area contributed by atoms with Gasteiger partial charge in [-0.2, -0.15) is 0 Å². The van der Waals surface area contributed by atoms with E-state index in [4.69, 9.17) is 9.47 Å². The minimum atomic E-state index is -0.495. The van der Waals surface area contributed by atoms with E-state index in [1.807, 2.05) is 12.9 Å². The van der Waals surface area contributed by atoms with Gasteiger partial charge in [0.1, 0.15) is 5.94 Å². The van der Waals surface area contributed by atoms with E-state index in [2.05, 4.69) is 0 Å². The minimum Gasteiger partial charge on any atom is -0.347 e. The van der Waals surface area contributed by atoms with Crippen molar-refractivity contribution in [3.63, 3.8) is 0 Å². The molecule has 0 bridgehead atoms. The van der Waals surface area contributed by atoms with Gasteiger partial charge in [0.2, 0.25) is 0 Å². The van der Waals surface area contributed by atoms with Crippen molar-refractivity contribution in [2.75, 3.05) is 13.2 Å². The molecule has 2 fully saturated rings. The van der Waals surface area contributed by atoms with Crippen LogP contribution in [-0.2, 0) is 14.3 Å². The van der Waals surface area contributed by atoms with Gasteiger partial charge in [0.05, 0.1) is 13.2 Å². The molecule has 0 N–H and O–H groups in total. The lowest BCUT2D eigenvalue weighted by Crippen LogP contribution is -2.41. The normalized spacial score (nSPS) is 32.1. The fourth-order valence-electron chi connectivity index (χ4n) is 2.23. The summed E-state index contributed by atoms with van der Waals surface area (Å²) in [6, 6.07) is 0. The van der Waals surface area contributed by atoms with Crippen LogP contribution in [0, 0.1) is 5.92 Å². The summed E-state index contributed by atoms with van der Waals surface area (Å²) in [6.07, 6.45) is 2.72. The number of hydrogen-bond donors (Lipinski definition) is 0. The van der Waals surface area contributed by atoms with Gasteiger partial charge in [0, 0.05) is 17.9 Å². The van der Waals surface area contributed by atoms with Gasteiger partial charge < -0.3 is 9.47 Å². The van der Waals surface area contributed by atoms with Crippen molar-refractivity contribution in [1.29, 1.82) is 0 Å².